The smallest absolute Gasteiger partial charge is 0.222 e. The number of carbonyl (C=O) groups excluding carboxylic acids is 1. The number of likely N-dealkylation sites (tertiary alicyclic amines) is 2. The number of amides is 1. The SMILES string of the molecule is COC1(COc2ccc(Cl)c(Cl)c2)CCN(Cc2ccc(OCCCN3CCCCC3=O)cc2)CC1. The summed E-state index contributed by atoms with van der Waals surface area (Å²) in [6.07, 6.45) is 5.48. The molecule has 6 nitrogen and oxygen atoms in total. The number of carbonyl (C=O) groups is 1. The monoisotopic (exact) mass is 534 g/mol. The summed E-state index contributed by atoms with van der Waals surface area (Å²) in [5, 5.41) is 1.00. The fourth-order valence-corrected chi connectivity index (χ4v) is 5.09. The van der Waals surface area contributed by atoms with Gasteiger partial charge in [-0.15, -0.1) is 0 Å². The minimum Gasteiger partial charge on any atom is -0.494 e. The van der Waals surface area contributed by atoms with Crippen molar-refractivity contribution in [2.45, 2.75) is 50.7 Å². The first-order chi connectivity index (χ1) is 17.5. The zero-order valence-corrected chi connectivity index (χ0v) is 22.5. The van der Waals surface area contributed by atoms with Crippen LogP contribution >= 0.6 is 23.2 Å². The molecule has 196 valence electrons. The van der Waals surface area contributed by atoms with Crippen LogP contribution in [0.2, 0.25) is 10.0 Å². The molecule has 2 aromatic carbocycles. The number of benzene rings is 2. The van der Waals surface area contributed by atoms with Gasteiger partial charge < -0.3 is 19.1 Å². The summed E-state index contributed by atoms with van der Waals surface area (Å²) in [7, 11) is 1.76. The molecule has 2 aliphatic rings. The standard InChI is InChI=1S/C28H36Cl2N2O4/c1-34-28(21-36-24-10-11-25(29)26(30)19-24)12-16-31(17-13-28)20-22-6-8-23(9-7-22)35-18-4-15-32-14-3-2-5-27(32)33/h6-11,19H,2-5,12-18,20-21H2,1H3. The van der Waals surface area contributed by atoms with E-state index in [1.54, 1.807) is 19.2 Å². The number of ether oxygens (including phenoxy) is 3. The van der Waals surface area contributed by atoms with Crippen LogP contribution in [0.1, 0.15) is 44.1 Å². The molecule has 0 spiro atoms. The number of hydrogen-bond donors (Lipinski definition) is 0. The van der Waals surface area contributed by atoms with Gasteiger partial charge in [-0.2, -0.15) is 0 Å². The van der Waals surface area contributed by atoms with E-state index >= 15 is 0 Å². The highest BCUT2D eigenvalue weighted by atomic mass is 35.5. The van der Waals surface area contributed by atoms with E-state index in [1.807, 2.05) is 23.1 Å². The molecule has 0 radical (unpaired) electrons. The van der Waals surface area contributed by atoms with Crippen molar-refractivity contribution in [3.05, 3.63) is 58.1 Å². The largest absolute Gasteiger partial charge is 0.494 e. The van der Waals surface area contributed by atoms with Gasteiger partial charge in [0, 0.05) is 52.3 Å². The molecule has 0 unspecified atom stereocenters. The molecule has 1 amide bonds. The molecule has 2 aliphatic heterocycles. The molecular weight excluding hydrogens is 499 g/mol. The minimum absolute atomic E-state index is 0.282. The third kappa shape index (κ3) is 7.51. The highest BCUT2D eigenvalue weighted by Crippen LogP contribution is 2.30. The van der Waals surface area contributed by atoms with Gasteiger partial charge in [0.2, 0.25) is 5.91 Å². The molecule has 0 saturated carbocycles. The molecule has 36 heavy (non-hydrogen) atoms. The van der Waals surface area contributed by atoms with Crippen molar-refractivity contribution in [2.24, 2.45) is 0 Å². The second-order valence-electron chi connectivity index (χ2n) is 9.71. The van der Waals surface area contributed by atoms with Crippen molar-refractivity contribution in [3.8, 4) is 11.5 Å². The van der Waals surface area contributed by atoms with E-state index in [4.69, 9.17) is 37.4 Å². The average molecular weight is 536 g/mol. The van der Waals surface area contributed by atoms with Gasteiger partial charge in [0.15, 0.2) is 0 Å². The Morgan fingerprint density at radius 2 is 1.67 bits per heavy atom. The van der Waals surface area contributed by atoms with Crippen LogP contribution in [-0.4, -0.2) is 67.8 Å². The van der Waals surface area contributed by atoms with Crippen LogP contribution in [0.4, 0.5) is 0 Å². The van der Waals surface area contributed by atoms with Crippen LogP contribution in [0.5, 0.6) is 11.5 Å². The fourth-order valence-electron chi connectivity index (χ4n) is 4.80. The van der Waals surface area contributed by atoms with E-state index in [0.717, 1.165) is 70.6 Å². The molecule has 0 bridgehead atoms. The third-order valence-electron chi connectivity index (χ3n) is 7.19. The maximum atomic E-state index is 11.9. The van der Waals surface area contributed by atoms with Crippen molar-refractivity contribution >= 4 is 29.1 Å². The van der Waals surface area contributed by atoms with Gasteiger partial charge >= 0.3 is 0 Å². The molecule has 0 atom stereocenters. The van der Waals surface area contributed by atoms with E-state index in [9.17, 15) is 4.79 Å². The van der Waals surface area contributed by atoms with Crippen LogP contribution < -0.4 is 9.47 Å². The predicted molar refractivity (Wildman–Crippen MR) is 143 cm³/mol. The first-order valence-corrected chi connectivity index (χ1v) is 13.6. The van der Waals surface area contributed by atoms with Crippen LogP contribution in [0.3, 0.4) is 0 Å². The van der Waals surface area contributed by atoms with Gasteiger partial charge in [0.1, 0.15) is 23.7 Å². The van der Waals surface area contributed by atoms with Crippen LogP contribution in [0.25, 0.3) is 0 Å². The summed E-state index contributed by atoms with van der Waals surface area (Å²) in [5.74, 6) is 1.86. The zero-order chi connectivity index (χ0) is 25.4. The summed E-state index contributed by atoms with van der Waals surface area (Å²) in [5.41, 5.74) is 0.956. The lowest BCUT2D eigenvalue weighted by atomic mass is 9.91. The summed E-state index contributed by atoms with van der Waals surface area (Å²) >= 11 is 12.1. The highest BCUT2D eigenvalue weighted by molar-refractivity contribution is 6.42. The molecular formula is C28H36Cl2N2O4. The molecule has 2 saturated heterocycles. The Morgan fingerprint density at radius 1 is 0.917 bits per heavy atom. The Bertz CT molecular complexity index is 994. The van der Waals surface area contributed by atoms with Gasteiger partial charge in [-0.25, -0.2) is 0 Å². The van der Waals surface area contributed by atoms with Crippen molar-refractivity contribution in [1.82, 2.24) is 9.80 Å². The van der Waals surface area contributed by atoms with E-state index in [1.165, 1.54) is 5.56 Å². The van der Waals surface area contributed by atoms with Crippen molar-refractivity contribution in [1.29, 1.82) is 0 Å². The quantitative estimate of drug-likeness (QED) is 0.339. The number of rotatable bonds is 11. The summed E-state index contributed by atoms with van der Waals surface area (Å²) in [6.45, 7) is 5.54. The van der Waals surface area contributed by atoms with E-state index in [2.05, 4.69) is 17.0 Å². The summed E-state index contributed by atoms with van der Waals surface area (Å²) in [6, 6.07) is 13.7. The molecule has 0 N–H and O–H groups in total. The summed E-state index contributed by atoms with van der Waals surface area (Å²) in [4.78, 5) is 16.3. The minimum atomic E-state index is -0.306. The van der Waals surface area contributed by atoms with E-state index in [0.29, 0.717) is 35.4 Å². The Balaban J connectivity index is 1.17. The number of methoxy groups -OCH3 is 1. The zero-order valence-electron chi connectivity index (χ0n) is 21.0. The van der Waals surface area contributed by atoms with Crippen molar-refractivity contribution in [3.63, 3.8) is 0 Å². The lowest BCUT2D eigenvalue weighted by molar-refractivity contribution is -0.133. The number of piperidine rings is 2. The Hall–Kier alpha value is -1.99. The van der Waals surface area contributed by atoms with Crippen LogP contribution in [0, 0.1) is 0 Å². The number of halogens is 2. The molecule has 0 aliphatic carbocycles. The Morgan fingerprint density at radius 3 is 2.36 bits per heavy atom. The maximum Gasteiger partial charge on any atom is 0.222 e. The number of hydrogen-bond acceptors (Lipinski definition) is 5. The second kappa shape index (κ2) is 13.0. The van der Waals surface area contributed by atoms with Gasteiger partial charge in [-0.1, -0.05) is 35.3 Å². The maximum absolute atomic E-state index is 11.9. The van der Waals surface area contributed by atoms with Crippen molar-refractivity contribution < 1.29 is 19.0 Å². The molecule has 4 rings (SSSR count). The third-order valence-corrected chi connectivity index (χ3v) is 7.92. The summed E-state index contributed by atoms with van der Waals surface area (Å²) < 4.78 is 17.8. The second-order valence-corrected chi connectivity index (χ2v) is 10.5. The average Bonchev–Trinajstić information content (AvgIpc) is 2.90. The van der Waals surface area contributed by atoms with Crippen LogP contribution in [-0.2, 0) is 16.1 Å². The first kappa shape index (κ1) is 27.1. The van der Waals surface area contributed by atoms with Crippen LogP contribution in [0.15, 0.2) is 42.5 Å². The first-order valence-electron chi connectivity index (χ1n) is 12.8. The van der Waals surface area contributed by atoms with Gasteiger partial charge in [0.25, 0.3) is 0 Å². The lowest BCUT2D eigenvalue weighted by Gasteiger charge is -2.40. The Labute approximate surface area is 224 Å². The molecule has 2 heterocycles. The molecule has 2 aromatic rings. The normalized spacial score (nSPS) is 18.3. The van der Waals surface area contributed by atoms with Gasteiger partial charge in [0.05, 0.1) is 16.7 Å². The number of nitrogens with zero attached hydrogens (tertiary/aromatic N) is 2. The van der Waals surface area contributed by atoms with E-state index in [-0.39, 0.29) is 11.5 Å². The molecule has 0 aromatic heterocycles. The van der Waals surface area contributed by atoms with Gasteiger partial charge in [-0.3, -0.25) is 9.69 Å². The topological polar surface area (TPSA) is 51.2 Å². The van der Waals surface area contributed by atoms with Crippen molar-refractivity contribution in [2.75, 3.05) is 46.5 Å². The van der Waals surface area contributed by atoms with E-state index < -0.39 is 0 Å². The van der Waals surface area contributed by atoms with Gasteiger partial charge in [-0.05, 0) is 61.9 Å². The molecule has 2 fully saturated rings. The molecule has 8 heteroatoms. The lowest BCUT2D eigenvalue weighted by Crippen LogP contribution is -2.48. The fraction of sp³-hybridized carbons (Fsp3) is 0.536. The highest BCUT2D eigenvalue weighted by Gasteiger charge is 2.35. The predicted octanol–water partition coefficient (Wildman–Crippen LogP) is 5.83. The Kier molecular flexibility index (Phi) is 9.77.